The van der Waals surface area contributed by atoms with E-state index in [-0.39, 0.29) is 21.7 Å². The number of nitrogens with zero attached hydrogens (tertiary/aromatic N) is 1. The van der Waals surface area contributed by atoms with Gasteiger partial charge in [-0.1, -0.05) is 23.7 Å². The fourth-order valence-electron chi connectivity index (χ4n) is 3.58. The van der Waals surface area contributed by atoms with Crippen LogP contribution in [0.5, 0.6) is 5.75 Å². The second kappa shape index (κ2) is 10.9. The molecule has 1 aromatic heterocycles. The Labute approximate surface area is 207 Å². The summed E-state index contributed by atoms with van der Waals surface area (Å²) in [7, 11) is -2.06. The summed E-state index contributed by atoms with van der Waals surface area (Å²) in [5.74, 6) is -1.94. The Morgan fingerprint density at radius 3 is 2.56 bits per heavy atom. The van der Waals surface area contributed by atoms with Crippen LogP contribution in [0.3, 0.4) is 0 Å². The van der Waals surface area contributed by atoms with Crippen LogP contribution >= 0.6 is 22.9 Å². The first kappa shape index (κ1) is 26.3. The molecule has 2 N–H and O–H groups in total. The molecule has 0 saturated carbocycles. The monoisotopic (exact) mass is 530 g/mol. The van der Waals surface area contributed by atoms with Crippen LogP contribution in [0.25, 0.3) is 10.4 Å². The van der Waals surface area contributed by atoms with Gasteiger partial charge in [-0.05, 0) is 44.4 Å². The van der Waals surface area contributed by atoms with Gasteiger partial charge in [0.25, 0.3) is 0 Å². The van der Waals surface area contributed by atoms with Crippen molar-refractivity contribution >= 4 is 50.6 Å². The molecular weight excluding hydrogens is 504 g/mol. The van der Waals surface area contributed by atoms with Crippen LogP contribution in [-0.2, 0) is 19.6 Å². The second-order valence-electron chi connectivity index (χ2n) is 8.07. The van der Waals surface area contributed by atoms with Crippen molar-refractivity contribution in [3.8, 4) is 16.2 Å². The summed E-state index contributed by atoms with van der Waals surface area (Å²) in [5.41, 5.74) is 1.50. The van der Waals surface area contributed by atoms with E-state index in [1.165, 1.54) is 7.11 Å². The van der Waals surface area contributed by atoms with E-state index in [0.717, 1.165) is 17.0 Å². The molecule has 0 atom stereocenters. The largest absolute Gasteiger partial charge is 0.479 e. The molecule has 34 heavy (non-hydrogen) atoms. The van der Waals surface area contributed by atoms with Crippen LogP contribution in [0.1, 0.15) is 36.4 Å². The van der Waals surface area contributed by atoms with Crippen LogP contribution in [0.2, 0.25) is 5.02 Å². The SMILES string of the molecule is COC(=O)COc1c(C(=O)O)sc(-c2cccc(NC3CCN(S(=O)(=O)C(C)C)CC3)c2)c1Cl. The summed E-state index contributed by atoms with van der Waals surface area (Å²) in [4.78, 5) is 23.5. The number of hydrogen-bond acceptors (Lipinski definition) is 8. The number of thiophene rings is 1. The number of esters is 1. The highest BCUT2D eigenvalue weighted by molar-refractivity contribution is 7.89. The molecule has 1 saturated heterocycles. The van der Waals surface area contributed by atoms with E-state index in [9.17, 15) is 23.1 Å². The molecule has 2 aromatic rings. The summed E-state index contributed by atoms with van der Waals surface area (Å²) in [6, 6.07) is 7.46. The fraction of sp³-hybridized carbons (Fsp3) is 0.455. The molecule has 0 bridgehead atoms. The average Bonchev–Trinajstić information content (AvgIpc) is 3.14. The zero-order chi connectivity index (χ0) is 25.0. The minimum atomic E-state index is -3.26. The van der Waals surface area contributed by atoms with Gasteiger partial charge in [0.1, 0.15) is 5.02 Å². The quantitative estimate of drug-likeness (QED) is 0.467. The molecule has 0 spiro atoms. The number of methoxy groups -OCH3 is 1. The van der Waals surface area contributed by atoms with Crippen LogP contribution in [0, 0.1) is 0 Å². The third-order valence-corrected chi connectivity index (χ3v) is 9.43. The topological polar surface area (TPSA) is 122 Å². The normalized spacial score (nSPS) is 15.3. The minimum absolute atomic E-state index is 0.0725. The van der Waals surface area contributed by atoms with Gasteiger partial charge in [0.2, 0.25) is 10.0 Å². The van der Waals surface area contributed by atoms with E-state index in [0.29, 0.717) is 36.4 Å². The molecule has 9 nitrogen and oxygen atoms in total. The van der Waals surface area contributed by atoms with E-state index >= 15 is 0 Å². The maximum atomic E-state index is 12.4. The van der Waals surface area contributed by atoms with Crippen molar-refractivity contribution in [2.75, 3.05) is 32.1 Å². The van der Waals surface area contributed by atoms with Gasteiger partial charge in [-0.15, -0.1) is 11.3 Å². The second-order valence-corrected chi connectivity index (χ2v) is 12.0. The van der Waals surface area contributed by atoms with Crippen molar-refractivity contribution in [1.82, 2.24) is 4.31 Å². The lowest BCUT2D eigenvalue weighted by Gasteiger charge is -2.33. The molecule has 0 amide bonds. The van der Waals surface area contributed by atoms with E-state index in [1.807, 2.05) is 18.2 Å². The summed E-state index contributed by atoms with van der Waals surface area (Å²) in [6.07, 6.45) is 1.34. The van der Waals surface area contributed by atoms with Gasteiger partial charge >= 0.3 is 11.9 Å². The predicted molar refractivity (Wildman–Crippen MR) is 132 cm³/mol. The number of carbonyl (C=O) groups is 2. The highest BCUT2D eigenvalue weighted by Gasteiger charge is 2.30. The smallest absolute Gasteiger partial charge is 0.349 e. The number of hydrogen-bond donors (Lipinski definition) is 2. The van der Waals surface area contributed by atoms with Crippen molar-refractivity contribution in [2.45, 2.75) is 38.0 Å². The summed E-state index contributed by atoms with van der Waals surface area (Å²) in [6.45, 7) is 3.82. The Kier molecular flexibility index (Phi) is 8.45. The first-order valence-electron chi connectivity index (χ1n) is 10.7. The lowest BCUT2D eigenvalue weighted by atomic mass is 10.1. The number of nitrogens with one attached hydrogen (secondary N) is 1. The zero-order valence-electron chi connectivity index (χ0n) is 19.0. The first-order chi connectivity index (χ1) is 16.0. The standard InChI is InChI=1S/C22H27ClN2O7S2/c1-13(2)34(29,30)25-9-7-15(8-10-25)24-16-6-4-5-14(11-16)20-18(23)19(21(33-20)22(27)28)32-12-17(26)31-3/h4-6,11,13,15,24H,7-10,12H2,1-3H3,(H,27,28). The summed E-state index contributed by atoms with van der Waals surface area (Å²) < 4.78 is 36.2. The highest BCUT2D eigenvalue weighted by atomic mass is 35.5. The van der Waals surface area contributed by atoms with Gasteiger partial charge in [-0.3, -0.25) is 0 Å². The third-order valence-electron chi connectivity index (χ3n) is 5.47. The van der Waals surface area contributed by atoms with E-state index < -0.39 is 33.8 Å². The van der Waals surface area contributed by atoms with Gasteiger partial charge in [0, 0.05) is 24.8 Å². The molecule has 12 heteroatoms. The molecule has 1 aliphatic heterocycles. The van der Waals surface area contributed by atoms with Gasteiger partial charge in [0.15, 0.2) is 17.2 Å². The number of rotatable bonds is 9. The van der Waals surface area contributed by atoms with E-state index in [4.69, 9.17) is 16.3 Å². The molecule has 1 fully saturated rings. The molecule has 0 aliphatic carbocycles. The van der Waals surface area contributed by atoms with Crippen LogP contribution < -0.4 is 10.1 Å². The molecular formula is C22H27ClN2O7S2. The van der Waals surface area contributed by atoms with E-state index in [1.54, 1.807) is 24.2 Å². The molecule has 1 aromatic carbocycles. The number of benzene rings is 1. The Hall–Kier alpha value is -2.34. The number of sulfonamides is 1. The molecule has 2 heterocycles. The maximum Gasteiger partial charge on any atom is 0.349 e. The Balaban J connectivity index is 1.76. The number of anilines is 1. The number of carboxylic acid groups (broad SMARTS) is 1. The average molecular weight is 531 g/mol. The number of piperidine rings is 1. The number of carbonyl (C=O) groups excluding carboxylic acids is 1. The number of halogens is 1. The fourth-order valence-corrected chi connectivity index (χ4v) is 6.30. The van der Waals surface area contributed by atoms with Crippen molar-refractivity contribution in [3.63, 3.8) is 0 Å². The van der Waals surface area contributed by atoms with Crippen molar-refractivity contribution < 1.29 is 32.6 Å². The van der Waals surface area contributed by atoms with Gasteiger partial charge in [0.05, 0.1) is 17.2 Å². The minimum Gasteiger partial charge on any atom is -0.479 e. The molecule has 0 unspecified atom stereocenters. The summed E-state index contributed by atoms with van der Waals surface area (Å²) >= 11 is 7.41. The van der Waals surface area contributed by atoms with Crippen LogP contribution in [0.4, 0.5) is 5.69 Å². The number of carboxylic acids is 1. The molecule has 3 rings (SSSR count). The lowest BCUT2D eigenvalue weighted by Crippen LogP contribution is -2.44. The molecule has 1 aliphatic rings. The molecule has 0 radical (unpaired) electrons. The van der Waals surface area contributed by atoms with Crippen molar-refractivity contribution in [1.29, 1.82) is 0 Å². The third kappa shape index (κ3) is 5.83. The maximum absolute atomic E-state index is 12.4. The Bertz CT molecular complexity index is 1160. The Morgan fingerprint density at radius 2 is 1.97 bits per heavy atom. The Morgan fingerprint density at radius 1 is 1.29 bits per heavy atom. The van der Waals surface area contributed by atoms with Crippen LogP contribution in [-0.4, -0.2) is 67.9 Å². The zero-order valence-corrected chi connectivity index (χ0v) is 21.4. The number of aromatic carboxylic acids is 1. The van der Waals surface area contributed by atoms with Crippen LogP contribution in [0.15, 0.2) is 24.3 Å². The van der Waals surface area contributed by atoms with E-state index in [2.05, 4.69) is 10.1 Å². The highest BCUT2D eigenvalue weighted by Crippen LogP contribution is 2.46. The van der Waals surface area contributed by atoms with Gasteiger partial charge in [-0.25, -0.2) is 22.3 Å². The lowest BCUT2D eigenvalue weighted by molar-refractivity contribution is -0.142. The van der Waals surface area contributed by atoms with Crippen molar-refractivity contribution in [2.24, 2.45) is 0 Å². The number of ether oxygens (including phenoxy) is 2. The first-order valence-corrected chi connectivity index (χ1v) is 13.4. The van der Waals surface area contributed by atoms with Gasteiger partial charge in [-0.2, -0.15) is 0 Å². The molecule has 186 valence electrons. The van der Waals surface area contributed by atoms with Gasteiger partial charge < -0.3 is 19.9 Å². The summed E-state index contributed by atoms with van der Waals surface area (Å²) in [5, 5.41) is 12.7. The predicted octanol–water partition coefficient (Wildman–Crippen LogP) is 3.93. The van der Waals surface area contributed by atoms with Crippen molar-refractivity contribution in [3.05, 3.63) is 34.2 Å².